The molecule has 0 spiro atoms. The van der Waals surface area contributed by atoms with Gasteiger partial charge in [0.05, 0.1) is 0 Å². The Morgan fingerprint density at radius 1 is 1.33 bits per heavy atom. The molecule has 4 nitrogen and oxygen atoms in total. The van der Waals surface area contributed by atoms with E-state index in [-0.39, 0.29) is 5.70 Å². The zero-order chi connectivity index (χ0) is 13.5. The molecule has 1 aromatic carbocycles. The zero-order valence-electron chi connectivity index (χ0n) is 10.9. The van der Waals surface area contributed by atoms with Crippen molar-refractivity contribution in [2.24, 2.45) is 5.73 Å². The van der Waals surface area contributed by atoms with Gasteiger partial charge in [-0.2, -0.15) is 0 Å². The molecular formula is C14H20N2O2. The highest BCUT2D eigenvalue weighted by Crippen LogP contribution is 2.08. The van der Waals surface area contributed by atoms with E-state index < -0.39 is 5.97 Å². The maximum Gasteiger partial charge on any atom is 0.351 e. The lowest BCUT2D eigenvalue weighted by atomic mass is 10.1. The van der Waals surface area contributed by atoms with Crippen LogP contribution in [0.2, 0.25) is 0 Å². The lowest BCUT2D eigenvalue weighted by molar-refractivity contribution is -0.132. The molecule has 1 rings (SSSR count). The maximum absolute atomic E-state index is 10.7. The average molecular weight is 248 g/mol. The molecule has 0 atom stereocenters. The molecular weight excluding hydrogens is 228 g/mol. The minimum atomic E-state index is -1.04. The van der Waals surface area contributed by atoms with E-state index in [9.17, 15) is 4.79 Å². The first-order chi connectivity index (χ1) is 8.50. The Labute approximate surface area is 108 Å². The van der Waals surface area contributed by atoms with Crippen molar-refractivity contribution < 1.29 is 9.90 Å². The predicted molar refractivity (Wildman–Crippen MR) is 71.9 cm³/mol. The molecule has 0 aliphatic carbocycles. The van der Waals surface area contributed by atoms with E-state index in [0.717, 1.165) is 18.7 Å². The molecule has 0 saturated carbocycles. The molecule has 0 fully saturated rings. The molecule has 0 aliphatic heterocycles. The summed E-state index contributed by atoms with van der Waals surface area (Å²) in [6.45, 7) is 3.40. The van der Waals surface area contributed by atoms with E-state index in [0.29, 0.717) is 6.42 Å². The third kappa shape index (κ3) is 4.59. The molecule has 0 aliphatic rings. The summed E-state index contributed by atoms with van der Waals surface area (Å²) in [7, 11) is 2.01. The number of hydrogen-bond acceptors (Lipinski definition) is 3. The first-order valence-electron chi connectivity index (χ1n) is 5.91. The summed E-state index contributed by atoms with van der Waals surface area (Å²) < 4.78 is 0. The van der Waals surface area contributed by atoms with Crippen LogP contribution in [0.3, 0.4) is 0 Å². The number of carbonyl (C=O) groups is 1. The van der Waals surface area contributed by atoms with Gasteiger partial charge in [0, 0.05) is 13.1 Å². The average Bonchev–Trinajstić information content (AvgIpc) is 2.36. The van der Waals surface area contributed by atoms with Crippen molar-refractivity contribution >= 4 is 5.97 Å². The Hall–Kier alpha value is -1.81. The van der Waals surface area contributed by atoms with Crippen LogP contribution in [0.1, 0.15) is 18.9 Å². The third-order valence-corrected chi connectivity index (χ3v) is 2.85. The van der Waals surface area contributed by atoms with Crippen molar-refractivity contribution in [3.05, 3.63) is 47.2 Å². The highest BCUT2D eigenvalue weighted by Gasteiger charge is 2.07. The first kappa shape index (κ1) is 14.3. The normalized spacial score (nSPS) is 12.4. The molecule has 0 bridgehead atoms. The summed E-state index contributed by atoms with van der Waals surface area (Å²) in [4.78, 5) is 12.8. The van der Waals surface area contributed by atoms with Gasteiger partial charge in [0.1, 0.15) is 5.70 Å². The summed E-state index contributed by atoms with van der Waals surface area (Å²) in [6, 6.07) is 10.2. The van der Waals surface area contributed by atoms with Crippen LogP contribution in [-0.4, -0.2) is 29.6 Å². The van der Waals surface area contributed by atoms with E-state index in [1.54, 1.807) is 6.92 Å². The van der Waals surface area contributed by atoms with E-state index in [1.165, 1.54) is 5.56 Å². The molecule has 0 amide bonds. The number of aliphatic carboxylic acids is 1. The number of carboxylic acids is 1. The number of nitrogens with two attached hydrogens (primary N) is 1. The predicted octanol–water partition coefficient (Wildman–Crippen LogP) is 1.83. The Morgan fingerprint density at radius 3 is 2.50 bits per heavy atom. The van der Waals surface area contributed by atoms with Crippen molar-refractivity contribution in [3.63, 3.8) is 0 Å². The topological polar surface area (TPSA) is 66.6 Å². The van der Waals surface area contributed by atoms with Crippen LogP contribution in [0.5, 0.6) is 0 Å². The van der Waals surface area contributed by atoms with Crippen LogP contribution in [0.15, 0.2) is 41.6 Å². The van der Waals surface area contributed by atoms with Crippen molar-refractivity contribution in [3.8, 4) is 0 Å². The number of hydrogen-bond donors (Lipinski definition) is 2. The van der Waals surface area contributed by atoms with Crippen LogP contribution < -0.4 is 5.73 Å². The van der Waals surface area contributed by atoms with Gasteiger partial charge in [-0.15, -0.1) is 0 Å². The monoisotopic (exact) mass is 248 g/mol. The fourth-order valence-corrected chi connectivity index (χ4v) is 1.65. The smallest absolute Gasteiger partial charge is 0.351 e. The molecule has 0 saturated heterocycles. The highest BCUT2D eigenvalue weighted by atomic mass is 16.4. The van der Waals surface area contributed by atoms with Gasteiger partial charge in [-0.3, -0.25) is 0 Å². The molecule has 0 unspecified atom stereocenters. The highest BCUT2D eigenvalue weighted by molar-refractivity contribution is 5.86. The number of carboxylic acid groups (broad SMARTS) is 1. The molecule has 0 aromatic heterocycles. The lowest BCUT2D eigenvalue weighted by Crippen LogP contribution is -2.21. The minimum Gasteiger partial charge on any atom is -0.477 e. The molecule has 0 heterocycles. The van der Waals surface area contributed by atoms with Crippen molar-refractivity contribution in [1.29, 1.82) is 0 Å². The Morgan fingerprint density at radius 2 is 1.94 bits per heavy atom. The van der Waals surface area contributed by atoms with Crippen LogP contribution in [0.25, 0.3) is 0 Å². The second kappa shape index (κ2) is 6.81. The molecule has 3 N–H and O–H groups in total. The molecule has 98 valence electrons. The SMILES string of the molecule is C/C(CCN(C)Cc1ccccc1)=C(\N)C(=O)O. The fourth-order valence-electron chi connectivity index (χ4n) is 1.65. The summed E-state index contributed by atoms with van der Waals surface area (Å²) in [6.07, 6.45) is 0.668. The Bertz CT molecular complexity index is 427. The molecule has 4 heteroatoms. The Balaban J connectivity index is 2.45. The van der Waals surface area contributed by atoms with E-state index in [1.807, 2.05) is 25.2 Å². The van der Waals surface area contributed by atoms with Crippen molar-refractivity contribution in [1.82, 2.24) is 4.90 Å². The maximum atomic E-state index is 10.7. The van der Waals surface area contributed by atoms with Crippen LogP contribution >= 0.6 is 0 Å². The van der Waals surface area contributed by atoms with Gasteiger partial charge in [-0.05, 0) is 31.5 Å². The minimum absolute atomic E-state index is 0.0388. The second-order valence-electron chi connectivity index (χ2n) is 4.47. The van der Waals surface area contributed by atoms with Gasteiger partial charge in [0.2, 0.25) is 0 Å². The summed E-state index contributed by atoms with van der Waals surface area (Å²) in [5.74, 6) is -1.04. The third-order valence-electron chi connectivity index (χ3n) is 2.85. The zero-order valence-corrected chi connectivity index (χ0v) is 10.9. The number of rotatable bonds is 6. The summed E-state index contributed by atoms with van der Waals surface area (Å²) >= 11 is 0. The number of nitrogens with zero attached hydrogens (tertiary/aromatic N) is 1. The molecule has 18 heavy (non-hydrogen) atoms. The first-order valence-corrected chi connectivity index (χ1v) is 5.91. The van der Waals surface area contributed by atoms with E-state index in [4.69, 9.17) is 10.8 Å². The quantitative estimate of drug-likeness (QED) is 0.754. The lowest BCUT2D eigenvalue weighted by Gasteiger charge is -2.17. The van der Waals surface area contributed by atoms with Crippen LogP contribution in [0.4, 0.5) is 0 Å². The van der Waals surface area contributed by atoms with Gasteiger partial charge >= 0.3 is 5.97 Å². The largest absolute Gasteiger partial charge is 0.477 e. The van der Waals surface area contributed by atoms with Gasteiger partial charge < -0.3 is 15.7 Å². The van der Waals surface area contributed by atoms with Crippen LogP contribution in [-0.2, 0) is 11.3 Å². The van der Waals surface area contributed by atoms with Crippen molar-refractivity contribution in [2.75, 3.05) is 13.6 Å². The standard InChI is InChI=1S/C14H20N2O2/c1-11(13(15)14(17)18)8-9-16(2)10-12-6-4-3-5-7-12/h3-7H,8-10,15H2,1-2H3,(H,17,18)/b13-11+. The van der Waals surface area contributed by atoms with Gasteiger partial charge in [0.15, 0.2) is 0 Å². The second-order valence-corrected chi connectivity index (χ2v) is 4.47. The molecule has 0 radical (unpaired) electrons. The van der Waals surface area contributed by atoms with Gasteiger partial charge in [0.25, 0.3) is 0 Å². The number of benzene rings is 1. The van der Waals surface area contributed by atoms with Gasteiger partial charge in [-0.25, -0.2) is 4.79 Å². The molecule has 1 aromatic rings. The van der Waals surface area contributed by atoms with Gasteiger partial charge in [-0.1, -0.05) is 30.3 Å². The van der Waals surface area contributed by atoms with Crippen molar-refractivity contribution in [2.45, 2.75) is 19.9 Å². The van der Waals surface area contributed by atoms with Crippen LogP contribution in [0, 0.1) is 0 Å². The summed E-state index contributed by atoms with van der Waals surface area (Å²) in [5.41, 5.74) is 7.39. The van der Waals surface area contributed by atoms with E-state index >= 15 is 0 Å². The fraction of sp³-hybridized carbons (Fsp3) is 0.357. The summed E-state index contributed by atoms with van der Waals surface area (Å²) in [5, 5.41) is 8.76. The Kier molecular flexibility index (Phi) is 5.39. The van der Waals surface area contributed by atoms with E-state index in [2.05, 4.69) is 17.0 Å².